The first kappa shape index (κ1) is 24.5. The highest BCUT2D eigenvalue weighted by Crippen LogP contribution is 2.46. The van der Waals surface area contributed by atoms with Gasteiger partial charge in [-0.25, -0.2) is 0 Å². The molecule has 0 aliphatic heterocycles. The number of rotatable bonds is 2. The average molecular weight is 553 g/mol. The molecule has 43 heavy (non-hydrogen) atoms. The summed E-state index contributed by atoms with van der Waals surface area (Å²) in [5.74, 6) is 0. The lowest BCUT2D eigenvalue weighted by Crippen LogP contribution is -2.10. The molecule has 0 bridgehead atoms. The number of benzene rings is 6. The molecule has 6 aromatic carbocycles. The lowest BCUT2D eigenvalue weighted by Gasteiger charge is -2.20. The van der Waals surface area contributed by atoms with Crippen molar-refractivity contribution < 1.29 is 0 Å². The zero-order chi connectivity index (χ0) is 28.9. The van der Waals surface area contributed by atoms with E-state index in [9.17, 15) is 0 Å². The van der Waals surface area contributed by atoms with Gasteiger partial charge in [0.15, 0.2) is 0 Å². The molecule has 206 valence electrons. The van der Waals surface area contributed by atoms with Crippen LogP contribution in [0, 0.1) is 0 Å². The highest BCUT2D eigenvalue weighted by atomic mass is 15.0. The third-order valence-corrected chi connectivity index (χ3v) is 9.50. The van der Waals surface area contributed by atoms with Crippen molar-refractivity contribution in [3.8, 4) is 22.5 Å². The van der Waals surface area contributed by atoms with Gasteiger partial charge in [0.1, 0.15) is 0 Å². The minimum Gasteiger partial charge on any atom is -0.309 e. The van der Waals surface area contributed by atoms with E-state index in [2.05, 4.69) is 157 Å². The highest BCUT2D eigenvalue weighted by molar-refractivity contribution is 6.14. The molecule has 2 heteroatoms. The Morgan fingerprint density at radius 2 is 1.16 bits per heavy atom. The summed E-state index contributed by atoms with van der Waals surface area (Å²) in [7, 11) is 0. The van der Waals surface area contributed by atoms with Crippen molar-refractivity contribution in [1.82, 2.24) is 9.13 Å². The Hall–Kier alpha value is -5.08. The van der Waals surface area contributed by atoms with Crippen LogP contribution in [0.15, 0.2) is 127 Å². The van der Waals surface area contributed by atoms with Gasteiger partial charge in [-0.15, -0.1) is 0 Å². The summed E-state index contributed by atoms with van der Waals surface area (Å²) in [4.78, 5) is 0. The van der Waals surface area contributed by atoms with Crippen LogP contribution >= 0.6 is 0 Å². The highest BCUT2D eigenvalue weighted by Gasteiger charge is 2.27. The zero-order valence-electron chi connectivity index (χ0n) is 24.7. The Balaban J connectivity index is 1.35. The summed E-state index contributed by atoms with van der Waals surface area (Å²) in [6.07, 6.45) is 0.954. The summed E-state index contributed by atoms with van der Waals surface area (Å²) in [5.41, 5.74) is 14.5. The van der Waals surface area contributed by atoms with Gasteiger partial charge in [-0.3, -0.25) is 0 Å². The van der Waals surface area contributed by atoms with Crippen molar-refractivity contribution in [3.63, 3.8) is 0 Å². The van der Waals surface area contributed by atoms with Crippen molar-refractivity contribution in [1.29, 1.82) is 0 Å². The van der Waals surface area contributed by atoms with E-state index in [1.54, 1.807) is 0 Å². The summed E-state index contributed by atoms with van der Waals surface area (Å²) in [6.45, 7) is 6.90. The van der Waals surface area contributed by atoms with Crippen LogP contribution in [0.1, 0.15) is 37.5 Å². The van der Waals surface area contributed by atoms with E-state index in [1.165, 1.54) is 82.8 Å². The fraction of sp³-hybridized carbons (Fsp3) is 0.122. The number of fused-ring (bicyclic) bond motifs is 10. The SMILES string of the molecule is CC(C)(C)c1ccc2c(c1)-c1ccc3c4cc(-n5c6ccccc6c6ccccc65)ccc4n(-c4ccccc4)c3c1C2. The second-order valence-electron chi connectivity index (χ2n) is 13.0. The lowest BCUT2D eigenvalue weighted by atomic mass is 9.85. The first-order valence-corrected chi connectivity index (χ1v) is 15.3. The Labute approximate surface area is 251 Å². The largest absolute Gasteiger partial charge is 0.309 e. The summed E-state index contributed by atoms with van der Waals surface area (Å²) >= 11 is 0. The smallest absolute Gasteiger partial charge is 0.0582 e. The Morgan fingerprint density at radius 3 is 1.88 bits per heavy atom. The minimum atomic E-state index is 0.115. The second kappa shape index (κ2) is 8.72. The Bertz CT molecular complexity index is 2340. The van der Waals surface area contributed by atoms with Gasteiger partial charge < -0.3 is 9.13 Å². The summed E-state index contributed by atoms with van der Waals surface area (Å²) in [6, 6.07) is 47.3. The van der Waals surface area contributed by atoms with E-state index < -0.39 is 0 Å². The third kappa shape index (κ3) is 3.47. The van der Waals surface area contributed by atoms with Gasteiger partial charge in [0, 0.05) is 39.3 Å². The van der Waals surface area contributed by atoms with Gasteiger partial charge in [0.2, 0.25) is 0 Å². The van der Waals surface area contributed by atoms with Crippen LogP contribution < -0.4 is 0 Å². The molecular weight excluding hydrogens is 520 g/mol. The molecule has 0 unspecified atom stereocenters. The van der Waals surface area contributed by atoms with E-state index in [0.29, 0.717) is 0 Å². The predicted molar refractivity (Wildman–Crippen MR) is 182 cm³/mol. The first-order chi connectivity index (χ1) is 21.0. The normalized spacial score (nSPS) is 12.9. The van der Waals surface area contributed by atoms with Crippen molar-refractivity contribution >= 4 is 43.6 Å². The fourth-order valence-electron chi connectivity index (χ4n) is 7.42. The van der Waals surface area contributed by atoms with Crippen LogP contribution in [0.5, 0.6) is 0 Å². The van der Waals surface area contributed by atoms with Crippen molar-refractivity contribution in [3.05, 3.63) is 144 Å². The van der Waals surface area contributed by atoms with Crippen molar-refractivity contribution in [2.75, 3.05) is 0 Å². The maximum absolute atomic E-state index is 2.50. The molecular formula is C41H32N2. The van der Waals surface area contributed by atoms with E-state index in [4.69, 9.17) is 0 Å². The van der Waals surface area contributed by atoms with Crippen LogP contribution in [-0.4, -0.2) is 9.13 Å². The average Bonchev–Trinajstić information content (AvgIpc) is 3.68. The van der Waals surface area contributed by atoms with Gasteiger partial charge in [0.25, 0.3) is 0 Å². The van der Waals surface area contributed by atoms with Gasteiger partial charge >= 0.3 is 0 Å². The molecule has 0 N–H and O–H groups in total. The molecule has 1 aliphatic carbocycles. The number of nitrogens with zero attached hydrogens (tertiary/aromatic N) is 2. The van der Waals surface area contributed by atoms with Gasteiger partial charge in [-0.05, 0) is 75.7 Å². The predicted octanol–water partition coefficient (Wildman–Crippen LogP) is 10.7. The molecule has 0 spiro atoms. The van der Waals surface area contributed by atoms with Gasteiger partial charge in [0.05, 0.1) is 22.1 Å². The molecule has 8 aromatic rings. The quantitative estimate of drug-likeness (QED) is 0.202. The number of hydrogen-bond acceptors (Lipinski definition) is 0. The standard InChI is InChI=1S/C41H32N2/c1-41(2,3)27-18-17-26-23-36-30(34(26)24-27)20-21-33-35-25-29(19-22-39(35)43(40(33)36)28-11-5-4-6-12-28)42-37-15-9-7-13-31(37)32-14-8-10-16-38(32)42/h4-22,24-25H,23H2,1-3H3. The van der Waals surface area contributed by atoms with Crippen molar-refractivity contribution in [2.24, 2.45) is 0 Å². The van der Waals surface area contributed by atoms with E-state index >= 15 is 0 Å². The number of para-hydroxylation sites is 3. The molecule has 0 atom stereocenters. The maximum atomic E-state index is 2.50. The van der Waals surface area contributed by atoms with Gasteiger partial charge in [-0.1, -0.05) is 106 Å². The third-order valence-electron chi connectivity index (χ3n) is 9.50. The molecule has 2 nitrogen and oxygen atoms in total. The van der Waals surface area contributed by atoms with Crippen LogP contribution in [0.4, 0.5) is 0 Å². The topological polar surface area (TPSA) is 9.86 Å². The van der Waals surface area contributed by atoms with E-state index in [1.807, 2.05) is 0 Å². The Morgan fingerprint density at radius 1 is 0.488 bits per heavy atom. The van der Waals surface area contributed by atoms with E-state index in [0.717, 1.165) is 6.42 Å². The first-order valence-electron chi connectivity index (χ1n) is 15.3. The second-order valence-corrected chi connectivity index (χ2v) is 13.0. The molecule has 1 aliphatic rings. The van der Waals surface area contributed by atoms with Crippen LogP contribution in [-0.2, 0) is 11.8 Å². The molecule has 0 radical (unpaired) electrons. The maximum Gasteiger partial charge on any atom is 0.0582 e. The van der Waals surface area contributed by atoms with Crippen LogP contribution in [0.3, 0.4) is 0 Å². The van der Waals surface area contributed by atoms with Gasteiger partial charge in [-0.2, -0.15) is 0 Å². The summed E-state index contributed by atoms with van der Waals surface area (Å²) in [5, 5.41) is 5.17. The fourth-order valence-corrected chi connectivity index (χ4v) is 7.42. The zero-order valence-corrected chi connectivity index (χ0v) is 24.7. The van der Waals surface area contributed by atoms with Crippen molar-refractivity contribution in [2.45, 2.75) is 32.6 Å². The molecule has 0 saturated carbocycles. The molecule has 2 heterocycles. The van der Waals surface area contributed by atoms with Crippen LogP contribution in [0.25, 0.3) is 66.1 Å². The molecule has 9 rings (SSSR count). The monoisotopic (exact) mass is 552 g/mol. The molecule has 0 fully saturated rings. The molecule has 0 amide bonds. The number of aromatic nitrogens is 2. The molecule has 2 aromatic heterocycles. The van der Waals surface area contributed by atoms with E-state index in [-0.39, 0.29) is 5.41 Å². The Kier molecular flexibility index (Phi) is 4.97. The number of hydrogen-bond donors (Lipinski definition) is 0. The minimum absolute atomic E-state index is 0.115. The lowest BCUT2D eigenvalue weighted by molar-refractivity contribution is 0.590. The van der Waals surface area contributed by atoms with Crippen LogP contribution in [0.2, 0.25) is 0 Å². The summed E-state index contributed by atoms with van der Waals surface area (Å²) < 4.78 is 4.92. The molecule has 0 saturated heterocycles.